The number of anilines is 1. The van der Waals surface area contributed by atoms with Crippen LogP contribution >= 0.6 is 11.3 Å². The zero-order chi connectivity index (χ0) is 11.8. The molecule has 0 bridgehead atoms. The van der Waals surface area contributed by atoms with Crippen LogP contribution in [-0.2, 0) is 6.18 Å². The second kappa shape index (κ2) is 3.83. The summed E-state index contributed by atoms with van der Waals surface area (Å²) in [5.41, 5.74) is 5.69. The molecule has 2 N–H and O–H groups in total. The van der Waals surface area contributed by atoms with Crippen LogP contribution in [0.4, 0.5) is 18.9 Å². The van der Waals surface area contributed by atoms with E-state index >= 15 is 0 Å². The summed E-state index contributed by atoms with van der Waals surface area (Å²) in [6.07, 6.45) is -4.35. The molecule has 1 nitrogen and oxygen atoms in total. The van der Waals surface area contributed by atoms with Gasteiger partial charge >= 0.3 is 6.18 Å². The first kappa shape index (κ1) is 11.0. The van der Waals surface area contributed by atoms with Crippen molar-refractivity contribution in [3.05, 3.63) is 41.3 Å². The third-order valence-corrected chi connectivity index (χ3v) is 3.07. The zero-order valence-electron chi connectivity index (χ0n) is 8.08. The van der Waals surface area contributed by atoms with Crippen LogP contribution in [0.15, 0.2) is 35.7 Å². The second-order valence-electron chi connectivity index (χ2n) is 3.28. The monoisotopic (exact) mass is 243 g/mol. The fraction of sp³-hybridized carbons (Fsp3) is 0.0909. The van der Waals surface area contributed by atoms with Crippen LogP contribution in [0.1, 0.15) is 5.56 Å². The highest BCUT2D eigenvalue weighted by Crippen LogP contribution is 2.35. The number of nitrogen functional groups attached to an aromatic ring is 1. The van der Waals surface area contributed by atoms with E-state index < -0.39 is 11.7 Å². The van der Waals surface area contributed by atoms with Crippen molar-refractivity contribution in [3.63, 3.8) is 0 Å². The van der Waals surface area contributed by atoms with Crippen molar-refractivity contribution >= 4 is 17.0 Å². The predicted molar refractivity (Wildman–Crippen MR) is 59.2 cm³/mol. The van der Waals surface area contributed by atoms with Gasteiger partial charge < -0.3 is 5.73 Å². The Labute approximate surface area is 94.3 Å². The first-order valence-electron chi connectivity index (χ1n) is 4.49. The lowest BCUT2D eigenvalue weighted by Gasteiger charge is -2.09. The molecule has 1 aromatic carbocycles. The van der Waals surface area contributed by atoms with Crippen molar-refractivity contribution < 1.29 is 13.2 Å². The van der Waals surface area contributed by atoms with Gasteiger partial charge in [-0.2, -0.15) is 13.2 Å². The Balaban J connectivity index is 2.46. The van der Waals surface area contributed by atoms with Gasteiger partial charge in [-0.3, -0.25) is 0 Å². The van der Waals surface area contributed by atoms with E-state index in [9.17, 15) is 13.2 Å². The fourth-order valence-corrected chi connectivity index (χ4v) is 2.17. The molecule has 1 heterocycles. The van der Waals surface area contributed by atoms with E-state index in [-0.39, 0.29) is 5.69 Å². The highest BCUT2D eigenvalue weighted by atomic mass is 32.1. The van der Waals surface area contributed by atoms with Gasteiger partial charge in [0.05, 0.1) is 5.56 Å². The van der Waals surface area contributed by atoms with E-state index in [1.54, 1.807) is 0 Å². The number of nitrogens with two attached hydrogens (primary N) is 1. The van der Waals surface area contributed by atoms with Gasteiger partial charge in [0, 0.05) is 16.1 Å². The lowest BCUT2D eigenvalue weighted by atomic mass is 10.1. The molecular formula is C11H8F3NS. The van der Waals surface area contributed by atoms with Gasteiger partial charge in [0.1, 0.15) is 0 Å². The summed E-state index contributed by atoms with van der Waals surface area (Å²) >= 11 is 1.44. The Bertz CT molecular complexity index is 488. The van der Waals surface area contributed by atoms with Crippen LogP contribution in [0.5, 0.6) is 0 Å². The smallest absolute Gasteiger partial charge is 0.398 e. The number of hydrogen-bond acceptors (Lipinski definition) is 2. The maximum atomic E-state index is 12.4. The molecule has 0 atom stereocenters. The molecule has 84 valence electrons. The Morgan fingerprint density at radius 2 is 1.88 bits per heavy atom. The first-order chi connectivity index (χ1) is 7.48. The van der Waals surface area contributed by atoms with E-state index in [4.69, 9.17) is 5.73 Å². The first-order valence-corrected chi connectivity index (χ1v) is 5.37. The third kappa shape index (κ3) is 2.04. The standard InChI is InChI=1S/C11H8F3NS/c12-11(13,14)7-3-4-8(9(15)6-7)10-2-1-5-16-10/h1-6H,15H2. The molecule has 16 heavy (non-hydrogen) atoms. The van der Waals surface area contributed by atoms with Gasteiger partial charge in [0.15, 0.2) is 0 Å². The Morgan fingerprint density at radius 1 is 1.12 bits per heavy atom. The Morgan fingerprint density at radius 3 is 2.38 bits per heavy atom. The van der Waals surface area contributed by atoms with Crippen molar-refractivity contribution in [2.24, 2.45) is 0 Å². The quantitative estimate of drug-likeness (QED) is 0.752. The van der Waals surface area contributed by atoms with Crippen molar-refractivity contribution in [2.45, 2.75) is 6.18 Å². The second-order valence-corrected chi connectivity index (χ2v) is 4.22. The van der Waals surface area contributed by atoms with E-state index in [0.717, 1.165) is 17.0 Å². The molecule has 0 amide bonds. The van der Waals surface area contributed by atoms with Gasteiger partial charge in [-0.1, -0.05) is 12.1 Å². The van der Waals surface area contributed by atoms with Crippen LogP contribution in [0.3, 0.4) is 0 Å². The minimum atomic E-state index is -4.35. The minimum Gasteiger partial charge on any atom is -0.398 e. The molecule has 1 aromatic heterocycles. The highest BCUT2D eigenvalue weighted by Gasteiger charge is 2.30. The molecule has 5 heteroatoms. The van der Waals surface area contributed by atoms with E-state index in [1.807, 2.05) is 17.5 Å². The normalized spacial score (nSPS) is 11.7. The van der Waals surface area contributed by atoms with Crippen molar-refractivity contribution in [2.75, 3.05) is 5.73 Å². The molecule has 0 saturated carbocycles. The van der Waals surface area contributed by atoms with Gasteiger partial charge in [0.25, 0.3) is 0 Å². The van der Waals surface area contributed by atoms with Gasteiger partial charge in [-0.05, 0) is 23.6 Å². The average Bonchev–Trinajstić information content (AvgIpc) is 2.69. The SMILES string of the molecule is Nc1cc(C(F)(F)F)ccc1-c1cccs1. The molecular weight excluding hydrogens is 235 g/mol. The molecule has 0 aliphatic rings. The number of thiophene rings is 1. The van der Waals surface area contributed by atoms with Crippen LogP contribution in [0.25, 0.3) is 10.4 Å². The lowest BCUT2D eigenvalue weighted by molar-refractivity contribution is -0.137. The molecule has 0 saturated heterocycles. The molecule has 2 rings (SSSR count). The number of hydrogen-bond donors (Lipinski definition) is 1. The van der Waals surface area contributed by atoms with Crippen LogP contribution in [-0.4, -0.2) is 0 Å². The van der Waals surface area contributed by atoms with Crippen LogP contribution in [0.2, 0.25) is 0 Å². The number of benzene rings is 1. The van der Waals surface area contributed by atoms with Gasteiger partial charge in [0.2, 0.25) is 0 Å². The number of halogens is 3. The summed E-state index contributed by atoms with van der Waals surface area (Å²) in [6, 6.07) is 7.07. The molecule has 0 radical (unpaired) electrons. The Kier molecular flexibility index (Phi) is 2.63. The molecule has 0 unspecified atom stereocenters. The summed E-state index contributed by atoms with van der Waals surface area (Å²) in [4.78, 5) is 0.867. The predicted octanol–water partition coefficient (Wildman–Crippen LogP) is 4.02. The molecule has 0 aliphatic carbocycles. The van der Waals surface area contributed by atoms with E-state index in [0.29, 0.717) is 5.56 Å². The minimum absolute atomic E-state index is 0.150. The number of rotatable bonds is 1. The Hall–Kier alpha value is -1.49. The third-order valence-electron chi connectivity index (χ3n) is 2.17. The summed E-state index contributed by atoms with van der Waals surface area (Å²) in [7, 11) is 0. The zero-order valence-corrected chi connectivity index (χ0v) is 8.90. The summed E-state index contributed by atoms with van der Waals surface area (Å²) in [5, 5.41) is 1.85. The maximum absolute atomic E-state index is 12.4. The van der Waals surface area contributed by atoms with E-state index in [1.165, 1.54) is 17.4 Å². The lowest BCUT2D eigenvalue weighted by Crippen LogP contribution is -2.05. The average molecular weight is 243 g/mol. The summed E-state index contributed by atoms with van der Waals surface area (Å²) in [6.45, 7) is 0. The summed E-state index contributed by atoms with van der Waals surface area (Å²) < 4.78 is 37.2. The summed E-state index contributed by atoms with van der Waals surface area (Å²) in [5.74, 6) is 0. The highest BCUT2D eigenvalue weighted by molar-refractivity contribution is 7.13. The van der Waals surface area contributed by atoms with Crippen LogP contribution in [0, 0.1) is 0 Å². The molecule has 0 spiro atoms. The van der Waals surface area contributed by atoms with Crippen molar-refractivity contribution in [3.8, 4) is 10.4 Å². The molecule has 0 aliphatic heterocycles. The fourth-order valence-electron chi connectivity index (χ4n) is 1.40. The number of alkyl halides is 3. The topological polar surface area (TPSA) is 26.0 Å². The van der Waals surface area contributed by atoms with Crippen molar-refractivity contribution in [1.82, 2.24) is 0 Å². The molecule has 2 aromatic rings. The largest absolute Gasteiger partial charge is 0.416 e. The van der Waals surface area contributed by atoms with E-state index in [2.05, 4.69) is 0 Å². The molecule has 0 fully saturated rings. The van der Waals surface area contributed by atoms with Gasteiger partial charge in [-0.25, -0.2) is 0 Å². The van der Waals surface area contributed by atoms with Crippen LogP contribution < -0.4 is 5.73 Å². The van der Waals surface area contributed by atoms with Crippen molar-refractivity contribution in [1.29, 1.82) is 0 Å². The maximum Gasteiger partial charge on any atom is 0.416 e. The van der Waals surface area contributed by atoms with Gasteiger partial charge in [-0.15, -0.1) is 11.3 Å².